The number of anilines is 2. The minimum atomic E-state index is -0.474. The van der Waals surface area contributed by atoms with Crippen LogP contribution in [0.5, 0.6) is 0 Å². The van der Waals surface area contributed by atoms with E-state index in [1.165, 1.54) is 11.0 Å². The molecule has 4 rings (SSSR count). The standard InChI is InChI=1S/C21H22FN3O3/c22-19-12-17(6-7-20(19)24-8-10-27-11-9-24)25-15-18(28-21(25)26)14-23-13-16-4-2-1-3-5-16/h1-7,12-13,18H,8-11,14-15H2/t18-/m0/s1. The number of amides is 1. The van der Waals surface area contributed by atoms with E-state index in [9.17, 15) is 9.18 Å². The second-order valence-corrected chi connectivity index (χ2v) is 6.76. The van der Waals surface area contributed by atoms with Crippen molar-refractivity contribution in [2.45, 2.75) is 6.10 Å². The highest BCUT2D eigenvalue weighted by atomic mass is 19.1. The summed E-state index contributed by atoms with van der Waals surface area (Å²) in [5, 5.41) is 0. The maximum Gasteiger partial charge on any atom is 0.414 e. The molecule has 2 aromatic rings. The van der Waals surface area contributed by atoms with Crippen molar-refractivity contribution in [2.75, 3.05) is 49.2 Å². The summed E-state index contributed by atoms with van der Waals surface area (Å²) in [4.78, 5) is 20.0. The van der Waals surface area contributed by atoms with Crippen molar-refractivity contribution in [1.29, 1.82) is 0 Å². The molecule has 6 nitrogen and oxygen atoms in total. The molecule has 0 aliphatic carbocycles. The lowest BCUT2D eigenvalue weighted by atomic mass is 10.2. The molecule has 0 radical (unpaired) electrons. The molecule has 2 saturated heterocycles. The number of hydrogen-bond acceptors (Lipinski definition) is 5. The molecule has 0 N–H and O–H groups in total. The highest BCUT2D eigenvalue weighted by Crippen LogP contribution is 2.28. The van der Waals surface area contributed by atoms with Crippen LogP contribution >= 0.6 is 0 Å². The summed E-state index contributed by atoms with van der Waals surface area (Å²) < 4.78 is 25.3. The van der Waals surface area contributed by atoms with E-state index in [-0.39, 0.29) is 11.9 Å². The molecule has 0 spiro atoms. The van der Waals surface area contributed by atoms with Gasteiger partial charge in [-0.15, -0.1) is 0 Å². The van der Waals surface area contributed by atoms with Crippen molar-refractivity contribution in [1.82, 2.24) is 0 Å². The van der Waals surface area contributed by atoms with Gasteiger partial charge >= 0.3 is 6.09 Å². The molecular weight excluding hydrogens is 361 g/mol. The van der Waals surface area contributed by atoms with Crippen molar-refractivity contribution >= 4 is 23.7 Å². The lowest BCUT2D eigenvalue weighted by molar-refractivity contribution is 0.122. The zero-order valence-electron chi connectivity index (χ0n) is 15.5. The van der Waals surface area contributed by atoms with Gasteiger partial charge in [0.1, 0.15) is 11.9 Å². The van der Waals surface area contributed by atoms with Crippen LogP contribution in [-0.2, 0) is 9.47 Å². The van der Waals surface area contributed by atoms with Gasteiger partial charge in [-0.3, -0.25) is 9.89 Å². The van der Waals surface area contributed by atoms with Gasteiger partial charge in [0.2, 0.25) is 0 Å². The lowest BCUT2D eigenvalue weighted by Gasteiger charge is -2.29. The number of ether oxygens (including phenoxy) is 2. The van der Waals surface area contributed by atoms with Crippen molar-refractivity contribution in [3.8, 4) is 0 Å². The number of carbonyl (C=O) groups is 1. The second-order valence-electron chi connectivity index (χ2n) is 6.76. The highest BCUT2D eigenvalue weighted by Gasteiger charge is 2.32. The summed E-state index contributed by atoms with van der Waals surface area (Å²) in [7, 11) is 0. The molecule has 146 valence electrons. The van der Waals surface area contributed by atoms with E-state index in [1.807, 2.05) is 35.2 Å². The summed E-state index contributed by atoms with van der Waals surface area (Å²) in [6, 6.07) is 14.6. The smallest absolute Gasteiger partial charge is 0.414 e. The topological polar surface area (TPSA) is 54.4 Å². The second kappa shape index (κ2) is 8.39. The summed E-state index contributed by atoms with van der Waals surface area (Å²) in [5.74, 6) is -0.349. The van der Waals surface area contributed by atoms with Crippen LogP contribution in [0, 0.1) is 5.82 Å². The van der Waals surface area contributed by atoms with Crippen LogP contribution in [0.3, 0.4) is 0 Å². The number of rotatable bonds is 5. The van der Waals surface area contributed by atoms with Gasteiger partial charge in [-0.05, 0) is 23.8 Å². The van der Waals surface area contributed by atoms with Crippen molar-refractivity contribution < 1.29 is 18.7 Å². The molecule has 0 aromatic heterocycles. The van der Waals surface area contributed by atoms with E-state index in [0.717, 1.165) is 5.56 Å². The number of cyclic esters (lactones) is 1. The first-order valence-electron chi connectivity index (χ1n) is 9.36. The van der Waals surface area contributed by atoms with E-state index in [2.05, 4.69) is 4.99 Å². The molecule has 2 aliphatic heterocycles. The van der Waals surface area contributed by atoms with Gasteiger partial charge in [-0.1, -0.05) is 30.3 Å². The minimum absolute atomic E-state index is 0.349. The Morgan fingerprint density at radius 2 is 1.93 bits per heavy atom. The van der Waals surface area contributed by atoms with Crippen LogP contribution in [-0.4, -0.2) is 57.8 Å². The predicted octanol–water partition coefficient (Wildman–Crippen LogP) is 3.11. The average Bonchev–Trinajstić information content (AvgIpc) is 3.10. The summed E-state index contributed by atoms with van der Waals surface area (Å²) in [6.07, 6.45) is 0.931. The Morgan fingerprint density at radius 3 is 2.68 bits per heavy atom. The zero-order chi connectivity index (χ0) is 19.3. The third-order valence-corrected chi connectivity index (χ3v) is 4.82. The molecule has 0 saturated carbocycles. The predicted molar refractivity (Wildman–Crippen MR) is 106 cm³/mol. The molecule has 2 heterocycles. The monoisotopic (exact) mass is 383 g/mol. The number of morpholine rings is 1. The molecule has 7 heteroatoms. The lowest BCUT2D eigenvalue weighted by Crippen LogP contribution is -2.36. The molecule has 1 atom stereocenters. The first-order valence-corrected chi connectivity index (χ1v) is 9.36. The van der Waals surface area contributed by atoms with E-state index in [0.29, 0.717) is 50.8 Å². The largest absolute Gasteiger partial charge is 0.442 e. The van der Waals surface area contributed by atoms with Crippen molar-refractivity contribution in [3.63, 3.8) is 0 Å². The molecule has 0 bridgehead atoms. The van der Waals surface area contributed by atoms with Gasteiger partial charge in [-0.2, -0.15) is 0 Å². The van der Waals surface area contributed by atoms with Crippen LogP contribution in [0.25, 0.3) is 0 Å². The quantitative estimate of drug-likeness (QED) is 0.745. The number of nitrogens with zero attached hydrogens (tertiary/aromatic N) is 3. The van der Waals surface area contributed by atoms with Gasteiger partial charge < -0.3 is 14.4 Å². The number of halogens is 1. The van der Waals surface area contributed by atoms with Crippen molar-refractivity contribution in [3.05, 3.63) is 59.9 Å². The fraction of sp³-hybridized carbons (Fsp3) is 0.333. The van der Waals surface area contributed by atoms with Gasteiger partial charge in [0.05, 0.1) is 37.7 Å². The molecule has 2 aromatic carbocycles. The molecule has 1 amide bonds. The molecule has 0 unspecified atom stereocenters. The SMILES string of the molecule is O=C1O[C@@H](CN=Cc2ccccc2)CN1c1ccc(N2CCOCC2)c(F)c1. The average molecular weight is 383 g/mol. The Kier molecular flexibility index (Phi) is 5.53. The molecule has 2 aliphatic rings. The van der Waals surface area contributed by atoms with Crippen LogP contribution in [0.15, 0.2) is 53.5 Å². The summed E-state index contributed by atoms with van der Waals surface area (Å²) >= 11 is 0. The fourth-order valence-corrected chi connectivity index (χ4v) is 3.37. The maximum absolute atomic E-state index is 14.6. The Labute approximate surface area is 163 Å². The molecular formula is C21H22FN3O3. The first kappa shape index (κ1) is 18.4. The maximum atomic E-state index is 14.6. The van der Waals surface area contributed by atoms with E-state index >= 15 is 0 Å². The minimum Gasteiger partial charge on any atom is -0.442 e. The highest BCUT2D eigenvalue weighted by molar-refractivity contribution is 5.90. The number of benzene rings is 2. The summed E-state index contributed by atoms with van der Waals surface area (Å²) in [6.45, 7) is 3.20. The van der Waals surface area contributed by atoms with Crippen LogP contribution in [0.2, 0.25) is 0 Å². The number of carbonyl (C=O) groups excluding carboxylic acids is 1. The Bertz CT molecular complexity index is 853. The number of aliphatic imine (C=N–C) groups is 1. The van der Waals surface area contributed by atoms with Crippen molar-refractivity contribution in [2.24, 2.45) is 4.99 Å². The Hall–Kier alpha value is -2.93. The first-order chi connectivity index (χ1) is 13.7. The normalized spacial score (nSPS) is 20.0. The zero-order valence-corrected chi connectivity index (χ0v) is 15.5. The fourth-order valence-electron chi connectivity index (χ4n) is 3.37. The number of hydrogen-bond donors (Lipinski definition) is 0. The van der Waals surface area contributed by atoms with Gasteiger partial charge in [0.15, 0.2) is 0 Å². The summed E-state index contributed by atoms with van der Waals surface area (Å²) in [5.41, 5.74) is 2.02. The Balaban J connectivity index is 1.39. The molecule has 2 fully saturated rings. The van der Waals surface area contributed by atoms with Gasteiger partial charge in [0.25, 0.3) is 0 Å². The van der Waals surface area contributed by atoms with E-state index < -0.39 is 6.09 Å². The molecule has 28 heavy (non-hydrogen) atoms. The van der Waals surface area contributed by atoms with Crippen LogP contribution in [0.1, 0.15) is 5.56 Å². The van der Waals surface area contributed by atoms with Gasteiger partial charge in [-0.25, -0.2) is 9.18 Å². The van der Waals surface area contributed by atoms with E-state index in [1.54, 1.807) is 18.3 Å². The third kappa shape index (κ3) is 4.14. The van der Waals surface area contributed by atoms with Crippen LogP contribution < -0.4 is 9.80 Å². The van der Waals surface area contributed by atoms with E-state index in [4.69, 9.17) is 9.47 Å². The van der Waals surface area contributed by atoms with Gasteiger partial charge in [0, 0.05) is 19.3 Å². The third-order valence-electron chi connectivity index (χ3n) is 4.82. The van der Waals surface area contributed by atoms with Crippen LogP contribution in [0.4, 0.5) is 20.6 Å². The Morgan fingerprint density at radius 1 is 1.14 bits per heavy atom.